The Labute approximate surface area is 157 Å². The number of rotatable bonds is 5. The van der Waals surface area contributed by atoms with Crippen LogP contribution in [0.15, 0.2) is 24.3 Å². The summed E-state index contributed by atoms with van der Waals surface area (Å²) in [4.78, 5) is 20.0. The third-order valence-corrected chi connectivity index (χ3v) is 5.70. The highest BCUT2D eigenvalue weighted by Gasteiger charge is 2.24. The van der Waals surface area contributed by atoms with E-state index >= 15 is 0 Å². The zero-order chi connectivity index (χ0) is 17.1. The Morgan fingerprint density at radius 2 is 2.12 bits per heavy atom. The Kier molecular flexibility index (Phi) is 6.93. The normalized spacial score (nSPS) is 17.3. The summed E-state index contributed by atoms with van der Waals surface area (Å²) in [5.41, 5.74) is 1.55. The molecule has 1 aromatic carbocycles. The van der Waals surface area contributed by atoms with Crippen molar-refractivity contribution < 1.29 is 9.18 Å². The van der Waals surface area contributed by atoms with Gasteiger partial charge in [-0.3, -0.25) is 9.69 Å². The van der Waals surface area contributed by atoms with Gasteiger partial charge in [-0.2, -0.15) is 0 Å². The molecule has 1 fully saturated rings. The SMILES string of the molecule is CCN1CCCC1CNC(=O)c1sc(-c2ccc(F)cc2)nc1C.Cl. The number of halogens is 2. The van der Waals surface area contributed by atoms with E-state index in [1.54, 1.807) is 12.1 Å². The maximum absolute atomic E-state index is 13.0. The summed E-state index contributed by atoms with van der Waals surface area (Å²) in [6, 6.07) is 6.62. The van der Waals surface area contributed by atoms with Gasteiger partial charge in [0.25, 0.3) is 5.91 Å². The third kappa shape index (κ3) is 4.57. The Hall–Kier alpha value is -1.50. The van der Waals surface area contributed by atoms with Gasteiger partial charge in [0.05, 0.1) is 5.69 Å². The second kappa shape index (κ2) is 8.74. The Morgan fingerprint density at radius 3 is 2.80 bits per heavy atom. The van der Waals surface area contributed by atoms with Crippen LogP contribution in [-0.2, 0) is 0 Å². The van der Waals surface area contributed by atoms with Crippen LogP contribution in [0.3, 0.4) is 0 Å². The van der Waals surface area contributed by atoms with Crippen molar-refractivity contribution in [2.45, 2.75) is 32.7 Å². The number of amides is 1. The van der Waals surface area contributed by atoms with E-state index in [2.05, 4.69) is 22.1 Å². The first-order chi connectivity index (χ1) is 11.6. The van der Waals surface area contributed by atoms with Crippen LogP contribution in [-0.4, -0.2) is 41.5 Å². The van der Waals surface area contributed by atoms with Crippen LogP contribution in [0, 0.1) is 12.7 Å². The molecular weight excluding hydrogens is 361 g/mol. The van der Waals surface area contributed by atoms with E-state index in [0.717, 1.165) is 35.8 Å². The number of aryl methyl sites for hydroxylation is 1. The van der Waals surface area contributed by atoms with E-state index in [1.165, 1.54) is 29.9 Å². The molecule has 136 valence electrons. The summed E-state index contributed by atoms with van der Waals surface area (Å²) in [5, 5.41) is 3.79. The summed E-state index contributed by atoms with van der Waals surface area (Å²) >= 11 is 1.36. The first-order valence-electron chi connectivity index (χ1n) is 8.34. The minimum Gasteiger partial charge on any atom is -0.350 e. The molecule has 25 heavy (non-hydrogen) atoms. The second-order valence-electron chi connectivity index (χ2n) is 6.08. The molecule has 0 spiro atoms. The zero-order valence-corrected chi connectivity index (χ0v) is 16.1. The standard InChI is InChI=1S/C18H22FN3OS.ClH/c1-3-22-10-4-5-15(22)11-20-17(23)16-12(2)21-18(24-16)13-6-8-14(19)9-7-13;/h6-9,15H,3-5,10-11H2,1-2H3,(H,20,23);1H. The lowest BCUT2D eigenvalue weighted by Crippen LogP contribution is -2.39. The molecule has 1 saturated heterocycles. The van der Waals surface area contributed by atoms with Gasteiger partial charge in [-0.15, -0.1) is 23.7 Å². The largest absolute Gasteiger partial charge is 0.350 e. The van der Waals surface area contributed by atoms with Crippen molar-refractivity contribution in [2.75, 3.05) is 19.6 Å². The number of benzene rings is 1. The van der Waals surface area contributed by atoms with Crippen molar-refractivity contribution in [3.8, 4) is 10.6 Å². The second-order valence-corrected chi connectivity index (χ2v) is 7.07. The van der Waals surface area contributed by atoms with E-state index in [4.69, 9.17) is 0 Å². The van der Waals surface area contributed by atoms with E-state index in [0.29, 0.717) is 17.5 Å². The fraction of sp³-hybridized carbons (Fsp3) is 0.444. The average molecular weight is 384 g/mol. The van der Waals surface area contributed by atoms with Crippen molar-refractivity contribution in [3.05, 3.63) is 40.7 Å². The van der Waals surface area contributed by atoms with Gasteiger partial charge in [0, 0.05) is 18.2 Å². The molecule has 1 amide bonds. The van der Waals surface area contributed by atoms with Crippen molar-refractivity contribution in [1.29, 1.82) is 0 Å². The summed E-state index contributed by atoms with van der Waals surface area (Å²) in [7, 11) is 0. The van der Waals surface area contributed by atoms with Gasteiger partial charge in [0.2, 0.25) is 0 Å². The van der Waals surface area contributed by atoms with Crippen LogP contribution in [0.1, 0.15) is 35.1 Å². The molecule has 1 aromatic heterocycles. The highest BCUT2D eigenvalue weighted by Crippen LogP contribution is 2.28. The number of carbonyl (C=O) groups excluding carboxylic acids is 1. The van der Waals surface area contributed by atoms with Gasteiger partial charge in [-0.05, 0) is 57.1 Å². The number of nitrogens with one attached hydrogen (secondary N) is 1. The number of likely N-dealkylation sites (N-methyl/N-ethyl adjacent to an activating group) is 1. The highest BCUT2D eigenvalue weighted by atomic mass is 35.5. The lowest BCUT2D eigenvalue weighted by Gasteiger charge is -2.22. The first-order valence-corrected chi connectivity index (χ1v) is 9.15. The number of aromatic nitrogens is 1. The molecule has 0 bridgehead atoms. The lowest BCUT2D eigenvalue weighted by atomic mass is 10.2. The van der Waals surface area contributed by atoms with Crippen LogP contribution in [0.5, 0.6) is 0 Å². The molecule has 4 nitrogen and oxygen atoms in total. The monoisotopic (exact) mass is 383 g/mol. The minimum atomic E-state index is -0.276. The molecule has 1 atom stereocenters. The number of carbonyl (C=O) groups is 1. The number of thiazole rings is 1. The zero-order valence-electron chi connectivity index (χ0n) is 14.4. The predicted octanol–water partition coefficient (Wildman–Crippen LogP) is 3.89. The molecule has 3 rings (SSSR count). The molecule has 2 aromatic rings. The van der Waals surface area contributed by atoms with Crippen LogP contribution in [0.2, 0.25) is 0 Å². The van der Waals surface area contributed by atoms with Gasteiger partial charge in [0.1, 0.15) is 15.7 Å². The number of nitrogens with zero attached hydrogens (tertiary/aromatic N) is 2. The Bertz CT molecular complexity index is 720. The molecule has 0 aliphatic carbocycles. The van der Waals surface area contributed by atoms with Crippen molar-refractivity contribution in [1.82, 2.24) is 15.2 Å². The number of hydrogen-bond acceptors (Lipinski definition) is 4. The van der Waals surface area contributed by atoms with Crippen LogP contribution >= 0.6 is 23.7 Å². The molecule has 1 unspecified atom stereocenters. The predicted molar refractivity (Wildman–Crippen MR) is 102 cm³/mol. The quantitative estimate of drug-likeness (QED) is 0.851. The molecule has 0 saturated carbocycles. The molecule has 1 aliphatic rings. The summed E-state index contributed by atoms with van der Waals surface area (Å²) in [6.45, 7) is 6.81. The van der Waals surface area contributed by atoms with Crippen molar-refractivity contribution in [2.24, 2.45) is 0 Å². The fourth-order valence-corrected chi connectivity index (χ4v) is 4.14. The molecule has 1 aliphatic heterocycles. The lowest BCUT2D eigenvalue weighted by molar-refractivity contribution is 0.0944. The molecular formula is C18H23ClFN3OS. The third-order valence-electron chi connectivity index (χ3n) is 4.50. The maximum atomic E-state index is 13.0. The van der Waals surface area contributed by atoms with Crippen LogP contribution in [0.25, 0.3) is 10.6 Å². The van der Waals surface area contributed by atoms with E-state index in [9.17, 15) is 9.18 Å². The molecule has 1 N–H and O–H groups in total. The smallest absolute Gasteiger partial charge is 0.263 e. The maximum Gasteiger partial charge on any atom is 0.263 e. The average Bonchev–Trinajstić information content (AvgIpc) is 3.19. The highest BCUT2D eigenvalue weighted by molar-refractivity contribution is 7.17. The summed E-state index contributed by atoms with van der Waals surface area (Å²) in [6.07, 6.45) is 2.33. The van der Waals surface area contributed by atoms with Gasteiger partial charge in [-0.1, -0.05) is 6.92 Å². The van der Waals surface area contributed by atoms with E-state index in [-0.39, 0.29) is 24.1 Å². The van der Waals surface area contributed by atoms with Crippen molar-refractivity contribution >= 4 is 29.7 Å². The van der Waals surface area contributed by atoms with Crippen LogP contribution < -0.4 is 5.32 Å². The summed E-state index contributed by atoms with van der Waals surface area (Å²) in [5.74, 6) is -0.344. The summed E-state index contributed by atoms with van der Waals surface area (Å²) < 4.78 is 13.0. The Balaban J connectivity index is 0.00000225. The minimum absolute atomic E-state index is 0. The first kappa shape index (κ1) is 19.8. The van der Waals surface area contributed by atoms with Gasteiger partial charge in [-0.25, -0.2) is 9.37 Å². The van der Waals surface area contributed by atoms with Crippen LogP contribution in [0.4, 0.5) is 4.39 Å². The van der Waals surface area contributed by atoms with Gasteiger partial charge in [0.15, 0.2) is 0 Å². The Morgan fingerprint density at radius 1 is 1.40 bits per heavy atom. The van der Waals surface area contributed by atoms with E-state index in [1.807, 2.05) is 6.92 Å². The number of likely N-dealkylation sites (tertiary alicyclic amines) is 1. The molecule has 7 heteroatoms. The van der Waals surface area contributed by atoms with Gasteiger partial charge >= 0.3 is 0 Å². The van der Waals surface area contributed by atoms with Gasteiger partial charge < -0.3 is 5.32 Å². The molecule has 2 heterocycles. The van der Waals surface area contributed by atoms with E-state index < -0.39 is 0 Å². The molecule has 0 radical (unpaired) electrons. The van der Waals surface area contributed by atoms with Crippen molar-refractivity contribution in [3.63, 3.8) is 0 Å². The number of hydrogen-bond donors (Lipinski definition) is 1. The topological polar surface area (TPSA) is 45.2 Å². The fourth-order valence-electron chi connectivity index (χ4n) is 3.16.